The fourth-order valence-electron chi connectivity index (χ4n) is 5.78. The number of benzene rings is 4. The first kappa shape index (κ1) is 37.2. The van der Waals surface area contributed by atoms with Crippen LogP contribution in [0.15, 0.2) is 84.9 Å². The fraction of sp³-hybridized carbons (Fsp3) is 0.333. The van der Waals surface area contributed by atoms with Gasteiger partial charge in [-0.1, -0.05) is 76.6 Å². The molecule has 49 heavy (non-hydrogen) atoms. The second-order valence-electron chi connectivity index (χ2n) is 12.6. The SMILES string of the molecule is CCCC(C)NC(=O)c1ccc(-c2ccc(C(=O)Nc3ccc(-c4ccc(C(C)(CC)CC)cc4C(F)(F)F)c(C(F)(F)F)c3)cc2)cc1. The van der Waals surface area contributed by atoms with E-state index in [2.05, 4.69) is 10.6 Å². The molecule has 0 spiro atoms. The van der Waals surface area contributed by atoms with Crippen molar-refractivity contribution in [3.63, 3.8) is 0 Å². The number of hydrogen-bond acceptors (Lipinski definition) is 2. The summed E-state index contributed by atoms with van der Waals surface area (Å²) < 4.78 is 85.8. The van der Waals surface area contributed by atoms with E-state index in [-0.39, 0.29) is 23.2 Å². The molecule has 0 bridgehead atoms. The molecule has 10 heteroatoms. The van der Waals surface area contributed by atoms with E-state index in [1.807, 2.05) is 34.6 Å². The molecule has 0 aliphatic carbocycles. The van der Waals surface area contributed by atoms with Crippen LogP contribution >= 0.6 is 0 Å². The Balaban J connectivity index is 1.58. The highest BCUT2D eigenvalue weighted by atomic mass is 19.4. The molecule has 2 N–H and O–H groups in total. The predicted molar refractivity (Wildman–Crippen MR) is 181 cm³/mol. The van der Waals surface area contributed by atoms with Gasteiger partial charge in [-0.15, -0.1) is 0 Å². The molecule has 0 aliphatic heterocycles. The zero-order valence-electron chi connectivity index (χ0n) is 28.1. The van der Waals surface area contributed by atoms with Crippen LogP contribution in [0, 0.1) is 0 Å². The number of hydrogen-bond donors (Lipinski definition) is 2. The van der Waals surface area contributed by atoms with Crippen molar-refractivity contribution in [3.05, 3.63) is 113 Å². The van der Waals surface area contributed by atoms with E-state index in [1.54, 1.807) is 36.4 Å². The van der Waals surface area contributed by atoms with Crippen LogP contribution in [0.4, 0.5) is 32.0 Å². The number of carbonyl (C=O) groups is 2. The lowest BCUT2D eigenvalue weighted by Gasteiger charge is -2.29. The Hall–Kier alpha value is -4.60. The Morgan fingerprint density at radius 1 is 0.653 bits per heavy atom. The smallest absolute Gasteiger partial charge is 0.350 e. The Morgan fingerprint density at radius 2 is 1.12 bits per heavy atom. The highest BCUT2D eigenvalue weighted by Crippen LogP contribution is 2.45. The molecule has 1 atom stereocenters. The molecule has 0 aliphatic rings. The Labute approximate surface area is 282 Å². The molecule has 0 saturated carbocycles. The van der Waals surface area contributed by atoms with E-state index in [0.717, 1.165) is 48.2 Å². The van der Waals surface area contributed by atoms with Crippen LogP contribution in [0.1, 0.15) is 97.7 Å². The van der Waals surface area contributed by atoms with Crippen molar-refractivity contribution in [2.45, 2.75) is 84.1 Å². The molecule has 0 aromatic heterocycles. The molecule has 1 unspecified atom stereocenters. The second-order valence-corrected chi connectivity index (χ2v) is 12.6. The average molecular weight is 683 g/mol. The van der Waals surface area contributed by atoms with E-state index in [4.69, 9.17) is 0 Å². The summed E-state index contributed by atoms with van der Waals surface area (Å²) in [5.41, 5.74) is -1.88. The van der Waals surface area contributed by atoms with Crippen molar-refractivity contribution >= 4 is 17.5 Å². The van der Waals surface area contributed by atoms with Crippen LogP contribution in [0.3, 0.4) is 0 Å². The molecule has 0 radical (unpaired) electrons. The molecule has 0 fully saturated rings. The number of halogens is 6. The van der Waals surface area contributed by atoms with Crippen LogP contribution in [0.2, 0.25) is 0 Å². The summed E-state index contributed by atoms with van der Waals surface area (Å²) in [6.07, 6.45) is -6.99. The van der Waals surface area contributed by atoms with Gasteiger partial charge in [0.05, 0.1) is 11.1 Å². The standard InChI is InChI=1S/C39H40F6N2O2/c1-6-9-24(4)46-35(48)27-14-10-25(11-15-27)26-12-16-28(17-13-26)36(49)47-30-19-21-32(34(23-30)39(43,44)45)31-20-18-29(37(5,7-2)8-3)22-33(31)38(40,41)42/h10-24H,6-9H2,1-5H3,(H,46,48)(H,47,49). The summed E-state index contributed by atoms with van der Waals surface area (Å²) >= 11 is 0. The minimum atomic E-state index is -5.01. The van der Waals surface area contributed by atoms with Gasteiger partial charge in [-0.25, -0.2) is 0 Å². The molecule has 0 saturated heterocycles. The molecule has 4 nitrogen and oxygen atoms in total. The lowest BCUT2D eigenvalue weighted by Crippen LogP contribution is -2.32. The number of rotatable bonds is 11. The summed E-state index contributed by atoms with van der Waals surface area (Å²) in [6.45, 7) is 9.51. The van der Waals surface area contributed by atoms with E-state index < -0.39 is 45.9 Å². The zero-order chi connectivity index (χ0) is 36.1. The topological polar surface area (TPSA) is 58.2 Å². The van der Waals surface area contributed by atoms with Gasteiger partial charge in [0.25, 0.3) is 11.8 Å². The molecule has 260 valence electrons. The van der Waals surface area contributed by atoms with Crippen molar-refractivity contribution in [1.82, 2.24) is 5.32 Å². The van der Waals surface area contributed by atoms with Gasteiger partial charge in [-0.2, -0.15) is 26.3 Å². The maximum absolute atomic E-state index is 14.3. The Bertz CT molecular complexity index is 1770. The summed E-state index contributed by atoms with van der Waals surface area (Å²) in [7, 11) is 0. The molecule has 4 aromatic carbocycles. The molecule has 0 heterocycles. The predicted octanol–water partition coefficient (Wildman–Crippen LogP) is 11.3. The third-order valence-corrected chi connectivity index (χ3v) is 9.18. The van der Waals surface area contributed by atoms with Gasteiger partial charge in [0.1, 0.15) is 0 Å². The lowest BCUT2D eigenvalue weighted by molar-refractivity contribution is -0.139. The normalized spacial score (nSPS) is 12.8. The van der Waals surface area contributed by atoms with Crippen LogP contribution in [-0.4, -0.2) is 17.9 Å². The first-order valence-electron chi connectivity index (χ1n) is 16.3. The number of alkyl halides is 6. The van der Waals surface area contributed by atoms with Gasteiger partial charge >= 0.3 is 12.4 Å². The van der Waals surface area contributed by atoms with Gasteiger partial charge < -0.3 is 10.6 Å². The van der Waals surface area contributed by atoms with Crippen LogP contribution in [-0.2, 0) is 17.8 Å². The van der Waals surface area contributed by atoms with Crippen molar-refractivity contribution < 1.29 is 35.9 Å². The highest BCUT2D eigenvalue weighted by molar-refractivity contribution is 6.04. The summed E-state index contributed by atoms with van der Waals surface area (Å²) in [5, 5.41) is 5.38. The highest BCUT2D eigenvalue weighted by Gasteiger charge is 2.39. The van der Waals surface area contributed by atoms with Gasteiger partial charge in [-0.05, 0) is 102 Å². The minimum Gasteiger partial charge on any atom is -0.350 e. The first-order valence-corrected chi connectivity index (χ1v) is 16.3. The number of anilines is 1. The Kier molecular flexibility index (Phi) is 11.3. The van der Waals surface area contributed by atoms with Crippen LogP contribution in [0.25, 0.3) is 22.3 Å². The van der Waals surface area contributed by atoms with Crippen molar-refractivity contribution in [3.8, 4) is 22.3 Å². The monoisotopic (exact) mass is 682 g/mol. The van der Waals surface area contributed by atoms with Gasteiger partial charge in [-0.3, -0.25) is 9.59 Å². The Morgan fingerprint density at radius 3 is 1.59 bits per heavy atom. The maximum Gasteiger partial charge on any atom is 0.417 e. The fourth-order valence-corrected chi connectivity index (χ4v) is 5.78. The zero-order valence-corrected chi connectivity index (χ0v) is 28.1. The van der Waals surface area contributed by atoms with Crippen LogP contribution < -0.4 is 10.6 Å². The summed E-state index contributed by atoms with van der Waals surface area (Å²) in [6, 6.07) is 19.6. The molecule has 4 aromatic rings. The van der Waals surface area contributed by atoms with Crippen molar-refractivity contribution in [2.75, 3.05) is 5.32 Å². The van der Waals surface area contributed by atoms with E-state index in [1.165, 1.54) is 18.2 Å². The maximum atomic E-state index is 14.3. The minimum absolute atomic E-state index is 0.0522. The second kappa shape index (κ2) is 14.9. The van der Waals surface area contributed by atoms with Gasteiger partial charge in [0.15, 0.2) is 0 Å². The van der Waals surface area contributed by atoms with Crippen molar-refractivity contribution in [2.24, 2.45) is 0 Å². The average Bonchev–Trinajstić information content (AvgIpc) is 3.07. The molecule has 2 amide bonds. The quantitative estimate of drug-likeness (QED) is 0.155. The van der Waals surface area contributed by atoms with Crippen molar-refractivity contribution in [1.29, 1.82) is 0 Å². The van der Waals surface area contributed by atoms with Gasteiger partial charge in [0, 0.05) is 22.9 Å². The molecule has 4 rings (SSSR count). The third kappa shape index (κ3) is 8.71. The largest absolute Gasteiger partial charge is 0.417 e. The number of carbonyl (C=O) groups excluding carboxylic acids is 2. The molecular formula is C39H40F6N2O2. The van der Waals surface area contributed by atoms with E-state index in [0.29, 0.717) is 30.0 Å². The molecular weight excluding hydrogens is 642 g/mol. The lowest BCUT2D eigenvalue weighted by atomic mass is 9.76. The summed E-state index contributed by atoms with van der Waals surface area (Å²) in [4.78, 5) is 25.5. The number of nitrogens with one attached hydrogen (secondary N) is 2. The van der Waals surface area contributed by atoms with Crippen LogP contribution in [0.5, 0.6) is 0 Å². The summed E-state index contributed by atoms with van der Waals surface area (Å²) in [5.74, 6) is -0.870. The van der Waals surface area contributed by atoms with E-state index in [9.17, 15) is 35.9 Å². The van der Waals surface area contributed by atoms with E-state index >= 15 is 0 Å². The van der Waals surface area contributed by atoms with Gasteiger partial charge in [0.2, 0.25) is 0 Å². The first-order chi connectivity index (χ1) is 23.0. The number of amides is 2. The third-order valence-electron chi connectivity index (χ3n) is 9.18.